The fourth-order valence-corrected chi connectivity index (χ4v) is 3.39. The molecule has 2 aliphatic rings. The van der Waals surface area contributed by atoms with Gasteiger partial charge in [-0.2, -0.15) is 0 Å². The summed E-state index contributed by atoms with van der Waals surface area (Å²) in [7, 11) is 0. The van der Waals surface area contributed by atoms with Crippen molar-refractivity contribution < 1.29 is 4.79 Å². The summed E-state index contributed by atoms with van der Waals surface area (Å²) in [5.74, 6) is 0.0466. The summed E-state index contributed by atoms with van der Waals surface area (Å²) in [6.45, 7) is 4.86. The molecule has 2 unspecified atom stereocenters. The zero-order valence-corrected chi connectivity index (χ0v) is 12.1. The van der Waals surface area contributed by atoms with Crippen molar-refractivity contribution >= 4 is 11.6 Å². The fraction of sp³-hybridized carbons (Fsp3) is 0.562. The van der Waals surface area contributed by atoms with Gasteiger partial charge in [0.25, 0.3) is 0 Å². The van der Waals surface area contributed by atoms with Gasteiger partial charge in [0.05, 0.1) is 6.54 Å². The summed E-state index contributed by atoms with van der Waals surface area (Å²) in [6, 6.07) is 9.05. The van der Waals surface area contributed by atoms with Gasteiger partial charge in [0, 0.05) is 24.3 Å². The Morgan fingerprint density at radius 2 is 2.05 bits per heavy atom. The molecule has 2 heterocycles. The summed E-state index contributed by atoms with van der Waals surface area (Å²) in [4.78, 5) is 14.5. The first-order chi connectivity index (χ1) is 9.72. The zero-order valence-electron chi connectivity index (χ0n) is 12.1. The quantitative estimate of drug-likeness (QED) is 0.878. The molecule has 0 aromatic heterocycles. The van der Waals surface area contributed by atoms with E-state index in [9.17, 15) is 4.79 Å². The first kappa shape index (κ1) is 13.6. The molecule has 0 bridgehead atoms. The Kier molecular flexibility index (Phi) is 4.03. The van der Waals surface area contributed by atoms with Crippen molar-refractivity contribution in [3.63, 3.8) is 0 Å². The van der Waals surface area contributed by atoms with Gasteiger partial charge in [0.2, 0.25) is 5.91 Å². The molecule has 2 aliphatic heterocycles. The second kappa shape index (κ2) is 5.94. The number of carbonyl (C=O) groups is 1. The molecule has 20 heavy (non-hydrogen) atoms. The number of anilines is 1. The lowest BCUT2D eigenvalue weighted by Gasteiger charge is -2.21. The maximum atomic E-state index is 12.0. The van der Waals surface area contributed by atoms with Crippen LogP contribution in [0, 0.1) is 6.92 Å². The molecule has 2 N–H and O–H groups in total. The Hall–Kier alpha value is -1.39. The Morgan fingerprint density at radius 1 is 1.25 bits per heavy atom. The van der Waals surface area contributed by atoms with E-state index in [1.54, 1.807) is 0 Å². The lowest BCUT2D eigenvalue weighted by molar-refractivity contribution is -0.115. The van der Waals surface area contributed by atoms with Crippen LogP contribution in [0.1, 0.15) is 24.8 Å². The smallest absolute Gasteiger partial charge is 0.238 e. The van der Waals surface area contributed by atoms with Gasteiger partial charge >= 0.3 is 0 Å². The van der Waals surface area contributed by atoms with Crippen molar-refractivity contribution in [2.75, 3.05) is 25.0 Å². The van der Waals surface area contributed by atoms with Gasteiger partial charge in [0.1, 0.15) is 0 Å². The fourth-order valence-electron chi connectivity index (χ4n) is 3.39. The molecule has 2 fully saturated rings. The number of aryl methyl sites for hydroxylation is 1. The third kappa shape index (κ3) is 3.02. The second-order valence-corrected chi connectivity index (χ2v) is 5.94. The summed E-state index contributed by atoms with van der Waals surface area (Å²) >= 11 is 0. The molecular weight excluding hydrogens is 250 g/mol. The van der Waals surface area contributed by atoms with Gasteiger partial charge in [-0.15, -0.1) is 0 Å². The van der Waals surface area contributed by atoms with E-state index in [0.29, 0.717) is 18.6 Å². The third-order valence-corrected chi connectivity index (χ3v) is 4.47. The topological polar surface area (TPSA) is 44.4 Å². The van der Waals surface area contributed by atoms with E-state index in [4.69, 9.17) is 0 Å². The molecule has 1 aromatic rings. The zero-order chi connectivity index (χ0) is 13.9. The van der Waals surface area contributed by atoms with Crippen molar-refractivity contribution in [2.24, 2.45) is 0 Å². The molecule has 4 heteroatoms. The SMILES string of the molecule is Cc1ccc(NC(=O)CNC2CCN3CCCC23)cc1. The number of benzene rings is 1. The minimum Gasteiger partial charge on any atom is -0.325 e. The predicted molar refractivity (Wildman–Crippen MR) is 80.8 cm³/mol. The van der Waals surface area contributed by atoms with Crippen molar-refractivity contribution in [1.29, 1.82) is 0 Å². The minimum absolute atomic E-state index is 0.0466. The van der Waals surface area contributed by atoms with E-state index in [1.165, 1.54) is 37.9 Å². The molecule has 0 spiro atoms. The van der Waals surface area contributed by atoms with Gasteiger partial charge < -0.3 is 10.6 Å². The average molecular weight is 273 g/mol. The highest BCUT2D eigenvalue weighted by atomic mass is 16.1. The normalized spacial score (nSPS) is 25.6. The standard InChI is InChI=1S/C16H23N3O/c1-12-4-6-13(7-5-12)18-16(20)11-17-14-8-10-19-9-2-3-15(14)19/h4-7,14-15,17H,2-3,8-11H2,1H3,(H,18,20). The number of hydrogen-bond donors (Lipinski definition) is 2. The number of nitrogens with zero attached hydrogens (tertiary/aromatic N) is 1. The molecule has 2 saturated heterocycles. The number of fused-ring (bicyclic) bond motifs is 1. The Balaban J connectivity index is 1.46. The minimum atomic E-state index is 0.0466. The molecule has 3 rings (SSSR count). The van der Waals surface area contributed by atoms with E-state index in [1.807, 2.05) is 31.2 Å². The van der Waals surface area contributed by atoms with Crippen molar-refractivity contribution in [3.8, 4) is 0 Å². The van der Waals surface area contributed by atoms with Crippen LogP contribution in [0.15, 0.2) is 24.3 Å². The van der Waals surface area contributed by atoms with Crippen LogP contribution in [0.25, 0.3) is 0 Å². The van der Waals surface area contributed by atoms with Crippen molar-refractivity contribution in [3.05, 3.63) is 29.8 Å². The lowest BCUT2D eigenvalue weighted by Crippen LogP contribution is -2.42. The van der Waals surface area contributed by atoms with Crippen LogP contribution in [0.4, 0.5) is 5.69 Å². The molecule has 0 radical (unpaired) electrons. The molecule has 0 saturated carbocycles. The largest absolute Gasteiger partial charge is 0.325 e. The average Bonchev–Trinajstić information content (AvgIpc) is 3.02. The Morgan fingerprint density at radius 3 is 2.85 bits per heavy atom. The van der Waals surface area contributed by atoms with Crippen LogP contribution >= 0.6 is 0 Å². The van der Waals surface area contributed by atoms with Crippen LogP contribution in [-0.2, 0) is 4.79 Å². The highest BCUT2D eigenvalue weighted by molar-refractivity contribution is 5.92. The second-order valence-electron chi connectivity index (χ2n) is 5.94. The monoisotopic (exact) mass is 273 g/mol. The van der Waals surface area contributed by atoms with Gasteiger partial charge in [0.15, 0.2) is 0 Å². The van der Waals surface area contributed by atoms with Crippen LogP contribution in [0.3, 0.4) is 0 Å². The summed E-state index contributed by atoms with van der Waals surface area (Å²) < 4.78 is 0. The van der Waals surface area contributed by atoms with Gasteiger partial charge in [-0.25, -0.2) is 0 Å². The third-order valence-electron chi connectivity index (χ3n) is 4.47. The van der Waals surface area contributed by atoms with Gasteiger partial charge in [-0.05, 0) is 44.9 Å². The van der Waals surface area contributed by atoms with Gasteiger partial charge in [-0.1, -0.05) is 17.7 Å². The highest BCUT2D eigenvalue weighted by Gasteiger charge is 2.36. The van der Waals surface area contributed by atoms with E-state index < -0.39 is 0 Å². The first-order valence-corrected chi connectivity index (χ1v) is 7.56. The van der Waals surface area contributed by atoms with Crippen molar-refractivity contribution in [1.82, 2.24) is 10.2 Å². The van der Waals surface area contributed by atoms with Crippen LogP contribution in [0.2, 0.25) is 0 Å². The van der Waals surface area contributed by atoms with Crippen molar-refractivity contribution in [2.45, 2.75) is 38.3 Å². The first-order valence-electron chi connectivity index (χ1n) is 7.56. The highest BCUT2D eigenvalue weighted by Crippen LogP contribution is 2.27. The molecule has 1 amide bonds. The Bertz CT molecular complexity index is 471. The number of carbonyl (C=O) groups excluding carboxylic acids is 1. The molecule has 4 nitrogen and oxygen atoms in total. The van der Waals surface area contributed by atoms with Crippen LogP contribution in [0.5, 0.6) is 0 Å². The molecular formula is C16H23N3O. The van der Waals surface area contributed by atoms with E-state index in [0.717, 1.165) is 5.69 Å². The van der Waals surface area contributed by atoms with E-state index >= 15 is 0 Å². The van der Waals surface area contributed by atoms with E-state index in [-0.39, 0.29) is 5.91 Å². The lowest BCUT2D eigenvalue weighted by atomic mass is 10.1. The molecule has 108 valence electrons. The van der Waals surface area contributed by atoms with Crippen LogP contribution in [-0.4, -0.2) is 42.5 Å². The number of amides is 1. The Labute approximate surface area is 120 Å². The summed E-state index contributed by atoms with van der Waals surface area (Å²) in [5.41, 5.74) is 2.07. The molecule has 2 atom stereocenters. The molecule has 0 aliphatic carbocycles. The number of rotatable bonds is 4. The summed E-state index contributed by atoms with van der Waals surface area (Å²) in [5, 5.41) is 6.37. The molecule has 1 aromatic carbocycles. The maximum absolute atomic E-state index is 12.0. The van der Waals surface area contributed by atoms with Gasteiger partial charge in [-0.3, -0.25) is 9.69 Å². The summed E-state index contributed by atoms with van der Waals surface area (Å²) in [6.07, 6.45) is 3.75. The van der Waals surface area contributed by atoms with E-state index in [2.05, 4.69) is 15.5 Å². The van der Waals surface area contributed by atoms with Crippen LogP contribution < -0.4 is 10.6 Å². The maximum Gasteiger partial charge on any atom is 0.238 e. The number of nitrogens with one attached hydrogen (secondary N) is 2. The predicted octanol–water partition coefficient (Wildman–Crippen LogP) is 1.76. The number of hydrogen-bond acceptors (Lipinski definition) is 3.